The zero-order valence-corrected chi connectivity index (χ0v) is 10.3. The highest BCUT2D eigenvalue weighted by atomic mass is 35.5. The van der Waals surface area contributed by atoms with Crippen LogP contribution in [0, 0.1) is 19.7 Å². The van der Waals surface area contributed by atoms with Crippen LogP contribution >= 0.6 is 11.6 Å². The maximum Gasteiger partial charge on any atom is 0.143 e. The summed E-state index contributed by atoms with van der Waals surface area (Å²) < 4.78 is 13.3. The number of rotatable bonds is 1. The zero-order valence-electron chi connectivity index (χ0n) is 9.56. The van der Waals surface area contributed by atoms with Gasteiger partial charge < -0.3 is 0 Å². The molecule has 0 aliphatic heterocycles. The molecule has 84 valence electrons. The fourth-order valence-electron chi connectivity index (χ4n) is 1.92. The predicted molar refractivity (Wildman–Crippen MR) is 65.6 cm³/mol. The van der Waals surface area contributed by atoms with E-state index in [1.807, 2.05) is 20.8 Å². The second-order valence-corrected chi connectivity index (χ2v) is 4.35. The minimum atomic E-state index is -0.410. The van der Waals surface area contributed by atoms with Crippen LogP contribution < -0.4 is 0 Å². The lowest BCUT2D eigenvalue weighted by molar-refractivity contribution is 0.629. The molecular formula is C13H13ClFN. The van der Waals surface area contributed by atoms with Gasteiger partial charge in [-0.25, -0.2) is 4.39 Å². The van der Waals surface area contributed by atoms with E-state index >= 15 is 0 Å². The van der Waals surface area contributed by atoms with Gasteiger partial charge in [0.25, 0.3) is 0 Å². The van der Waals surface area contributed by atoms with Gasteiger partial charge in [0.05, 0.1) is 10.5 Å². The molecule has 0 saturated carbocycles. The lowest BCUT2D eigenvalue weighted by atomic mass is 10.0. The van der Waals surface area contributed by atoms with Gasteiger partial charge in [-0.1, -0.05) is 18.5 Å². The molecule has 2 rings (SSSR count). The first-order chi connectivity index (χ1) is 7.54. The number of aryl methyl sites for hydroxylation is 2. The van der Waals surface area contributed by atoms with Crippen LogP contribution in [0.3, 0.4) is 0 Å². The van der Waals surface area contributed by atoms with Crippen molar-refractivity contribution >= 4 is 22.5 Å². The molecule has 1 heterocycles. The van der Waals surface area contributed by atoms with Crippen LogP contribution in [0.15, 0.2) is 12.1 Å². The minimum absolute atomic E-state index is 0.154. The summed E-state index contributed by atoms with van der Waals surface area (Å²) in [4.78, 5) is 4.46. The van der Waals surface area contributed by atoms with Crippen molar-refractivity contribution in [3.8, 4) is 0 Å². The molecule has 3 heteroatoms. The van der Waals surface area contributed by atoms with Gasteiger partial charge in [-0.2, -0.15) is 0 Å². The van der Waals surface area contributed by atoms with E-state index in [4.69, 9.17) is 11.6 Å². The molecule has 2 aromatic rings. The summed E-state index contributed by atoms with van der Waals surface area (Å²) in [6.45, 7) is 6.11. The molecule has 0 N–H and O–H groups in total. The lowest BCUT2D eigenvalue weighted by Gasteiger charge is -2.10. The standard InChI is InChI=1S/C13H13ClFN/c1-4-12-8(3)7(2)9-5-10(14)11(15)6-13(9)16-12/h5-6H,4H2,1-3H3. The Morgan fingerprint density at radius 1 is 1.25 bits per heavy atom. The molecule has 16 heavy (non-hydrogen) atoms. The number of nitrogens with zero attached hydrogens (tertiary/aromatic N) is 1. The van der Waals surface area contributed by atoms with Gasteiger partial charge in [0.1, 0.15) is 5.82 Å². The molecule has 0 saturated heterocycles. The Hall–Kier alpha value is -1.15. The SMILES string of the molecule is CCc1nc2cc(F)c(Cl)cc2c(C)c1C. The molecule has 0 amide bonds. The topological polar surface area (TPSA) is 12.9 Å². The van der Waals surface area contributed by atoms with Crippen molar-refractivity contribution < 1.29 is 4.39 Å². The Labute approximate surface area is 99.3 Å². The van der Waals surface area contributed by atoms with Crippen LogP contribution in [-0.2, 0) is 6.42 Å². The first-order valence-corrected chi connectivity index (χ1v) is 5.67. The number of aromatic nitrogens is 1. The van der Waals surface area contributed by atoms with Crippen molar-refractivity contribution in [2.45, 2.75) is 27.2 Å². The molecule has 1 aromatic carbocycles. The van der Waals surface area contributed by atoms with E-state index in [9.17, 15) is 4.39 Å². The molecule has 0 unspecified atom stereocenters. The van der Waals surface area contributed by atoms with Crippen molar-refractivity contribution in [3.63, 3.8) is 0 Å². The summed E-state index contributed by atoms with van der Waals surface area (Å²) in [5.41, 5.74) is 4.00. The Balaban J connectivity index is 2.87. The van der Waals surface area contributed by atoms with Crippen LogP contribution in [0.5, 0.6) is 0 Å². The van der Waals surface area contributed by atoms with E-state index < -0.39 is 5.82 Å². The smallest absolute Gasteiger partial charge is 0.143 e. The fourth-order valence-corrected chi connectivity index (χ4v) is 2.08. The third-order valence-electron chi connectivity index (χ3n) is 3.03. The first kappa shape index (κ1) is 11.3. The normalized spacial score (nSPS) is 11.1. The Morgan fingerprint density at radius 3 is 2.56 bits per heavy atom. The number of halogens is 2. The highest BCUT2D eigenvalue weighted by Crippen LogP contribution is 2.27. The molecule has 0 aliphatic rings. The maximum atomic E-state index is 13.3. The molecular weight excluding hydrogens is 225 g/mol. The van der Waals surface area contributed by atoms with Gasteiger partial charge >= 0.3 is 0 Å². The number of hydrogen-bond donors (Lipinski definition) is 0. The molecule has 0 aliphatic carbocycles. The molecule has 0 bridgehead atoms. The highest BCUT2D eigenvalue weighted by molar-refractivity contribution is 6.31. The minimum Gasteiger partial charge on any atom is -0.252 e. The first-order valence-electron chi connectivity index (χ1n) is 5.29. The van der Waals surface area contributed by atoms with Gasteiger partial charge in [-0.15, -0.1) is 0 Å². The van der Waals surface area contributed by atoms with Gasteiger partial charge in [0, 0.05) is 17.1 Å². The van der Waals surface area contributed by atoms with Crippen molar-refractivity contribution in [3.05, 3.63) is 39.8 Å². The van der Waals surface area contributed by atoms with Gasteiger partial charge in [0.15, 0.2) is 0 Å². The average molecular weight is 238 g/mol. The van der Waals surface area contributed by atoms with Gasteiger partial charge in [-0.05, 0) is 37.5 Å². The van der Waals surface area contributed by atoms with Crippen LogP contribution in [-0.4, -0.2) is 4.98 Å². The average Bonchev–Trinajstić information content (AvgIpc) is 2.26. The zero-order chi connectivity index (χ0) is 11.9. The quantitative estimate of drug-likeness (QED) is 0.724. The number of fused-ring (bicyclic) bond motifs is 1. The highest BCUT2D eigenvalue weighted by Gasteiger charge is 2.10. The van der Waals surface area contributed by atoms with E-state index in [1.54, 1.807) is 6.07 Å². The van der Waals surface area contributed by atoms with Crippen LogP contribution in [0.4, 0.5) is 4.39 Å². The summed E-state index contributed by atoms with van der Waals surface area (Å²) in [6, 6.07) is 3.06. The Morgan fingerprint density at radius 2 is 1.94 bits per heavy atom. The summed E-state index contributed by atoms with van der Waals surface area (Å²) >= 11 is 5.78. The number of hydrogen-bond acceptors (Lipinski definition) is 1. The van der Waals surface area contributed by atoms with E-state index in [-0.39, 0.29) is 5.02 Å². The Kier molecular flexibility index (Phi) is 2.85. The predicted octanol–water partition coefficient (Wildman–Crippen LogP) is 4.21. The van der Waals surface area contributed by atoms with Crippen molar-refractivity contribution in [1.82, 2.24) is 4.98 Å². The van der Waals surface area contributed by atoms with Crippen molar-refractivity contribution in [1.29, 1.82) is 0 Å². The van der Waals surface area contributed by atoms with Crippen LogP contribution in [0.25, 0.3) is 10.9 Å². The molecule has 1 aromatic heterocycles. The Bertz CT molecular complexity index is 564. The summed E-state index contributed by atoms with van der Waals surface area (Å²) in [5.74, 6) is -0.410. The summed E-state index contributed by atoms with van der Waals surface area (Å²) in [6.07, 6.45) is 0.854. The molecule has 1 nitrogen and oxygen atoms in total. The largest absolute Gasteiger partial charge is 0.252 e. The molecule has 0 atom stereocenters. The van der Waals surface area contributed by atoms with E-state index in [1.165, 1.54) is 6.07 Å². The second-order valence-electron chi connectivity index (χ2n) is 3.95. The molecule has 0 fully saturated rings. The molecule has 0 radical (unpaired) electrons. The number of pyridine rings is 1. The van der Waals surface area contributed by atoms with Gasteiger partial charge in [0.2, 0.25) is 0 Å². The molecule has 0 spiro atoms. The lowest BCUT2D eigenvalue weighted by Crippen LogP contribution is -1.97. The number of benzene rings is 1. The van der Waals surface area contributed by atoms with E-state index in [0.29, 0.717) is 5.52 Å². The van der Waals surface area contributed by atoms with Crippen LogP contribution in [0.2, 0.25) is 5.02 Å². The third-order valence-corrected chi connectivity index (χ3v) is 3.32. The third kappa shape index (κ3) is 1.67. The van der Waals surface area contributed by atoms with E-state index in [2.05, 4.69) is 4.98 Å². The summed E-state index contributed by atoms with van der Waals surface area (Å²) in [7, 11) is 0. The van der Waals surface area contributed by atoms with Gasteiger partial charge in [-0.3, -0.25) is 4.98 Å². The van der Waals surface area contributed by atoms with Crippen molar-refractivity contribution in [2.75, 3.05) is 0 Å². The van der Waals surface area contributed by atoms with Crippen LogP contribution in [0.1, 0.15) is 23.7 Å². The van der Waals surface area contributed by atoms with E-state index in [0.717, 1.165) is 28.6 Å². The maximum absolute atomic E-state index is 13.3. The monoisotopic (exact) mass is 237 g/mol. The van der Waals surface area contributed by atoms with Crippen molar-refractivity contribution in [2.24, 2.45) is 0 Å². The summed E-state index contributed by atoms with van der Waals surface area (Å²) in [5, 5.41) is 1.09. The fraction of sp³-hybridized carbons (Fsp3) is 0.308. The second kappa shape index (κ2) is 4.02.